The third-order valence-corrected chi connectivity index (χ3v) is 3.28. The zero-order valence-corrected chi connectivity index (χ0v) is 11.4. The fourth-order valence-corrected chi connectivity index (χ4v) is 2.03. The molecule has 0 aromatic carbocycles. The Morgan fingerprint density at radius 3 is 2.47 bits per heavy atom. The highest BCUT2D eigenvalue weighted by atomic mass is 16.5. The number of morpholine rings is 1. The first-order chi connectivity index (χ1) is 8.22. The lowest BCUT2D eigenvalue weighted by atomic mass is 10.1. The molecule has 0 saturated carbocycles. The second kappa shape index (κ2) is 8.86. The van der Waals surface area contributed by atoms with E-state index in [2.05, 4.69) is 23.6 Å². The number of aliphatic hydroxyl groups is 1. The molecule has 0 aromatic rings. The second-order valence-electron chi connectivity index (χ2n) is 5.20. The summed E-state index contributed by atoms with van der Waals surface area (Å²) in [6, 6.07) is 0. The van der Waals surface area contributed by atoms with E-state index in [-0.39, 0.29) is 6.61 Å². The van der Waals surface area contributed by atoms with Crippen molar-refractivity contribution in [2.75, 3.05) is 59.1 Å². The molecule has 0 unspecified atom stereocenters. The van der Waals surface area contributed by atoms with Gasteiger partial charge >= 0.3 is 0 Å². The zero-order chi connectivity index (χ0) is 12.5. The Bertz CT molecular complexity index is 182. The summed E-state index contributed by atoms with van der Waals surface area (Å²) in [5, 5.41) is 9.06. The van der Waals surface area contributed by atoms with Crippen LogP contribution in [0.2, 0.25) is 0 Å². The number of aliphatic hydroxyl groups excluding tert-OH is 1. The fraction of sp³-hybridized carbons (Fsp3) is 1.00. The molecule has 1 aliphatic rings. The zero-order valence-electron chi connectivity index (χ0n) is 11.4. The largest absolute Gasteiger partial charge is 0.395 e. The molecule has 0 aliphatic carbocycles. The molecule has 4 nitrogen and oxygen atoms in total. The van der Waals surface area contributed by atoms with Gasteiger partial charge in [0.2, 0.25) is 0 Å². The first-order valence-corrected chi connectivity index (χ1v) is 6.85. The van der Waals surface area contributed by atoms with Gasteiger partial charge in [-0.25, -0.2) is 0 Å². The van der Waals surface area contributed by atoms with E-state index >= 15 is 0 Å². The summed E-state index contributed by atoms with van der Waals surface area (Å²) in [4.78, 5) is 4.82. The van der Waals surface area contributed by atoms with Crippen molar-refractivity contribution < 1.29 is 9.84 Å². The summed E-state index contributed by atoms with van der Waals surface area (Å²) in [7, 11) is 0. The molecule has 102 valence electrons. The Labute approximate surface area is 106 Å². The Morgan fingerprint density at radius 2 is 1.88 bits per heavy atom. The summed E-state index contributed by atoms with van der Waals surface area (Å²) < 4.78 is 5.34. The van der Waals surface area contributed by atoms with E-state index in [1.54, 1.807) is 0 Å². The Hall–Kier alpha value is -0.160. The van der Waals surface area contributed by atoms with Gasteiger partial charge in [-0.2, -0.15) is 0 Å². The van der Waals surface area contributed by atoms with Gasteiger partial charge < -0.3 is 9.84 Å². The van der Waals surface area contributed by atoms with Gasteiger partial charge in [0, 0.05) is 32.7 Å². The lowest BCUT2D eigenvalue weighted by molar-refractivity contribution is 0.0322. The minimum atomic E-state index is 0.265. The molecule has 0 radical (unpaired) electrons. The van der Waals surface area contributed by atoms with Crippen molar-refractivity contribution in [3.05, 3.63) is 0 Å². The molecule has 1 fully saturated rings. The molecule has 0 amide bonds. The molecule has 1 heterocycles. The van der Waals surface area contributed by atoms with Gasteiger partial charge in [-0.1, -0.05) is 13.8 Å². The van der Waals surface area contributed by atoms with Crippen molar-refractivity contribution in [2.45, 2.75) is 20.3 Å². The molecule has 17 heavy (non-hydrogen) atoms. The molecular weight excluding hydrogens is 216 g/mol. The highest BCUT2D eigenvalue weighted by Gasteiger charge is 2.12. The maximum absolute atomic E-state index is 9.06. The van der Waals surface area contributed by atoms with E-state index in [9.17, 15) is 0 Å². The topological polar surface area (TPSA) is 35.9 Å². The van der Waals surface area contributed by atoms with Crippen molar-refractivity contribution >= 4 is 0 Å². The van der Waals surface area contributed by atoms with Crippen molar-refractivity contribution in [2.24, 2.45) is 5.92 Å². The lowest BCUT2D eigenvalue weighted by Gasteiger charge is -2.30. The van der Waals surface area contributed by atoms with Crippen molar-refractivity contribution in [1.29, 1.82) is 0 Å². The van der Waals surface area contributed by atoms with Crippen LogP contribution < -0.4 is 0 Å². The maximum atomic E-state index is 9.06. The minimum Gasteiger partial charge on any atom is -0.395 e. The first-order valence-electron chi connectivity index (χ1n) is 6.85. The first kappa shape index (κ1) is 14.9. The summed E-state index contributed by atoms with van der Waals surface area (Å²) in [5.74, 6) is 0.736. The third-order valence-electron chi connectivity index (χ3n) is 3.28. The monoisotopic (exact) mass is 244 g/mol. The highest BCUT2D eigenvalue weighted by Crippen LogP contribution is 2.03. The van der Waals surface area contributed by atoms with Crippen molar-refractivity contribution in [3.8, 4) is 0 Å². The average molecular weight is 244 g/mol. The van der Waals surface area contributed by atoms with E-state index < -0.39 is 0 Å². The summed E-state index contributed by atoms with van der Waals surface area (Å²) >= 11 is 0. The summed E-state index contributed by atoms with van der Waals surface area (Å²) in [6.07, 6.45) is 1.21. The van der Waals surface area contributed by atoms with Gasteiger partial charge in [0.1, 0.15) is 0 Å². The van der Waals surface area contributed by atoms with Crippen LogP contribution in [0.1, 0.15) is 20.3 Å². The third kappa shape index (κ3) is 6.99. The van der Waals surface area contributed by atoms with Gasteiger partial charge in [-0.3, -0.25) is 9.80 Å². The van der Waals surface area contributed by atoms with Crippen LogP contribution in [-0.4, -0.2) is 74.0 Å². The van der Waals surface area contributed by atoms with E-state index in [0.29, 0.717) is 0 Å². The van der Waals surface area contributed by atoms with E-state index in [1.165, 1.54) is 6.42 Å². The number of rotatable bonds is 8. The molecule has 1 saturated heterocycles. The van der Waals surface area contributed by atoms with Crippen LogP contribution in [0.15, 0.2) is 0 Å². The van der Waals surface area contributed by atoms with E-state index in [1.807, 2.05) is 0 Å². The van der Waals surface area contributed by atoms with Crippen molar-refractivity contribution in [1.82, 2.24) is 9.80 Å². The van der Waals surface area contributed by atoms with Gasteiger partial charge in [0.25, 0.3) is 0 Å². The van der Waals surface area contributed by atoms with Crippen LogP contribution in [0, 0.1) is 5.92 Å². The SMILES string of the molecule is CC(C)CCN(CCO)CCN1CCOCC1. The number of hydrogen-bond donors (Lipinski definition) is 1. The van der Waals surface area contributed by atoms with Crippen LogP contribution in [0.3, 0.4) is 0 Å². The van der Waals surface area contributed by atoms with Crippen molar-refractivity contribution in [3.63, 3.8) is 0 Å². The van der Waals surface area contributed by atoms with Crippen LogP contribution in [0.25, 0.3) is 0 Å². The van der Waals surface area contributed by atoms with Gasteiger partial charge in [0.05, 0.1) is 19.8 Å². The summed E-state index contributed by atoms with van der Waals surface area (Å²) in [5.41, 5.74) is 0. The molecule has 0 atom stereocenters. The van der Waals surface area contributed by atoms with Gasteiger partial charge in [-0.05, 0) is 18.9 Å². The van der Waals surface area contributed by atoms with Gasteiger partial charge in [-0.15, -0.1) is 0 Å². The lowest BCUT2D eigenvalue weighted by Crippen LogP contribution is -2.42. The van der Waals surface area contributed by atoms with E-state index in [0.717, 1.165) is 58.4 Å². The predicted octanol–water partition coefficient (Wildman–Crippen LogP) is 0.659. The average Bonchev–Trinajstić information content (AvgIpc) is 2.34. The Kier molecular flexibility index (Phi) is 7.77. The molecular formula is C13H28N2O2. The van der Waals surface area contributed by atoms with Gasteiger partial charge in [0.15, 0.2) is 0 Å². The molecule has 0 aromatic heterocycles. The molecule has 1 aliphatic heterocycles. The molecule has 0 bridgehead atoms. The number of hydrogen-bond acceptors (Lipinski definition) is 4. The normalized spacial score (nSPS) is 18.2. The van der Waals surface area contributed by atoms with Crippen LogP contribution in [0.4, 0.5) is 0 Å². The van der Waals surface area contributed by atoms with E-state index in [4.69, 9.17) is 9.84 Å². The Morgan fingerprint density at radius 1 is 1.18 bits per heavy atom. The minimum absolute atomic E-state index is 0.265. The smallest absolute Gasteiger partial charge is 0.0594 e. The number of nitrogens with zero attached hydrogens (tertiary/aromatic N) is 2. The fourth-order valence-electron chi connectivity index (χ4n) is 2.03. The quantitative estimate of drug-likeness (QED) is 0.680. The van der Waals surface area contributed by atoms with Crippen LogP contribution in [-0.2, 0) is 4.74 Å². The maximum Gasteiger partial charge on any atom is 0.0594 e. The molecule has 1 N–H and O–H groups in total. The molecule has 4 heteroatoms. The Balaban J connectivity index is 2.17. The predicted molar refractivity (Wildman–Crippen MR) is 70.2 cm³/mol. The summed E-state index contributed by atoms with van der Waals surface area (Å²) in [6.45, 7) is 12.7. The number of ether oxygens (including phenoxy) is 1. The molecule has 0 spiro atoms. The standard InChI is InChI=1S/C13H28N2O2/c1-13(2)3-4-14(7-10-16)5-6-15-8-11-17-12-9-15/h13,16H,3-12H2,1-2H3. The second-order valence-corrected chi connectivity index (χ2v) is 5.20. The van der Waals surface area contributed by atoms with Crippen LogP contribution >= 0.6 is 0 Å². The highest BCUT2D eigenvalue weighted by molar-refractivity contribution is 4.66. The molecule has 1 rings (SSSR count). The van der Waals surface area contributed by atoms with Crippen LogP contribution in [0.5, 0.6) is 0 Å².